The first-order chi connectivity index (χ1) is 8.19. The second kappa shape index (κ2) is 5.07. The van der Waals surface area contributed by atoms with Crippen molar-refractivity contribution in [2.24, 2.45) is 23.7 Å². The Bertz CT molecular complexity index is 283. The van der Waals surface area contributed by atoms with Crippen LogP contribution >= 0.6 is 0 Å². The standard InChI is InChI=1S/C13H20O4/c1-3-16-12(14)10-8-5-6-9(7-8)11(10)13(15)17-4-2/h8-11H,3-7H2,1-2H3/t8-,9+,10-,11?/m1/s1. The van der Waals surface area contributed by atoms with Crippen molar-refractivity contribution < 1.29 is 19.1 Å². The number of hydrogen-bond donors (Lipinski definition) is 0. The molecule has 0 heterocycles. The van der Waals surface area contributed by atoms with Gasteiger partial charge < -0.3 is 9.47 Å². The molecule has 0 aliphatic heterocycles. The maximum atomic E-state index is 11.9. The van der Waals surface area contributed by atoms with E-state index in [0.717, 1.165) is 19.3 Å². The molecule has 4 heteroatoms. The van der Waals surface area contributed by atoms with E-state index in [1.807, 2.05) is 0 Å². The lowest BCUT2D eigenvalue weighted by Gasteiger charge is -2.27. The van der Waals surface area contributed by atoms with Crippen LogP contribution in [0, 0.1) is 23.7 Å². The van der Waals surface area contributed by atoms with Crippen LogP contribution in [0.2, 0.25) is 0 Å². The number of carbonyl (C=O) groups is 2. The van der Waals surface area contributed by atoms with Crippen LogP contribution in [-0.2, 0) is 19.1 Å². The van der Waals surface area contributed by atoms with E-state index >= 15 is 0 Å². The molecule has 4 atom stereocenters. The van der Waals surface area contributed by atoms with Gasteiger partial charge in [-0.05, 0) is 44.9 Å². The largest absolute Gasteiger partial charge is 0.466 e. The first-order valence-electron chi connectivity index (χ1n) is 6.52. The fraction of sp³-hybridized carbons (Fsp3) is 0.846. The van der Waals surface area contributed by atoms with Crippen molar-refractivity contribution in [1.82, 2.24) is 0 Å². The fourth-order valence-corrected chi connectivity index (χ4v) is 3.45. The molecule has 96 valence electrons. The van der Waals surface area contributed by atoms with Gasteiger partial charge in [0.15, 0.2) is 0 Å². The van der Waals surface area contributed by atoms with Crippen molar-refractivity contribution >= 4 is 11.9 Å². The quantitative estimate of drug-likeness (QED) is 0.703. The summed E-state index contributed by atoms with van der Waals surface area (Å²) in [7, 11) is 0. The Balaban J connectivity index is 2.11. The highest BCUT2D eigenvalue weighted by Gasteiger charge is 2.55. The van der Waals surface area contributed by atoms with E-state index in [9.17, 15) is 9.59 Å². The van der Waals surface area contributed by atoms with Crippen LogP contribution in [-0.4, -0.2) is 25.2 Å². The zero-order valence-electron chi connectivity index (χ0n) is 10.5. The van der Waals surface area contributed by atoms with E-state index in [-0.39, 0.29) is 23.8 Å². The molecule has 0 N–H and O–H groups in total. The van der Waals surface area contributed by atoms with E-state index in [2.05, 4.69) is 0 Å². The second-order valence-electron chi connectivity index (χ2n) is 4.89. The van der Waals surface area contributed by atoms with E-state index in [4.69, 9.17) is 9.47 Å². The number of hydrogen-bond acceptors (Lipinski definition) is 4. The van der Waals surface area contributed by atoms with Gasteiger partial charge in [-0.2, -0.15) is 0 Å². The van der Waals surface area contributed by atoms with Crippen LogP contribution in [0.25, 0.3) is 0 Å². The van der Waals surface area contributed by atoms with Crippen LogP contribution in [0.4, 0.5) is 0 Å². The molecular weight excluding hydrogens is 220 g/mol. The Kier molecular flexibility index (Phi) is 3.69. The number of rotatable bonds is 4. The van der Waals surface area contributed by atoms with E-state index in [1.54, 1.807) is 13.8 Å². The predicted molar refractivity (Wildman–Crippen MR) is 61.1 cm³/mol. The zero-order valence-corrected chi connectivity index (χ0v) is 10.5. The number of carbonyl (C=O) groups excluding carboxylic acids is 2. The molecule has 0 radical (unpaired) electrons. The van der Waals surface area contributed by atoms with Crippen molar-refractivity contribution in [2.75, 3.05) is 13.2 Å². The van der Waals surface area contributed by atoms with Gasteiger partial charge in [-0.1, -0.05) is 0 Å². The normalized spacial score (nSPS) is 34.7. The van der Waals surface area contributed by atoms with Crippen molar-refractivity contribution in [3.63, 3.8) is 0 Å². The molecule has 1 unspecified atom stereocenters. The predicted octanol–water partition coefficient (Wildman–Crippen LogP) is 1.77. The third kappa shape index (κ3) is 2.17. The van der Waals surface area contributed by atoms with Gasteiger partial charge in [-0.3, -0.25) is 9.59 Å². The first kappa shape index (κ1) is 12.4. The Morgan fingerprint density at radius 1 is 0.941 bits per heavy atom. The summed E-state index contributed by atoms with van der Waals surface area (Å²) in [4.78, 5) is 23.8. The lowest BCUT2D eigenvalue weighted by Crippen LogP contribution is -2.36. The summed E-state index contributed by atoms with van der Waals surface area (Å²) in [6.07, 6.45) is 3.07. The van der Waals surface area contributed by atoms with Crippen LogP contribution in [0.3, 0.4) is 0 Å². The van der Waals surface area contributed by atoms with Gasteiger partial charge in [0.1, 0.15) is 0 Å². The van der Waals surface area contributed by atoms with E-state index in [1.165, 1.54) is 0 Å². The maximum Gasteiger partial charge on any atom is 0.310 e. The summed E-state index contributed by atoms with van der Waals surface area (Å²) in [6.45, 7) is 4.35. The zero-order chi connectivity index (χ0) is 12.4. The SMILES string of the molecule is CCOC(=O)C1[C@H]2CC[C@H](C2)[C@H]1C(=O)OCC. The summed E-state index contributed by atoms with van der Waals surface area (Å²) >= 11 is 0. The summed E-state index contributed by atoms with van der Waals surface area (Å²) in [5, 5.41) is 0. The third-order valence-corrected chi connectivity index (χ3v) is 4.03. The van der Waals surface area contributed by atoms with Gasteiger partial charge in [0.2, 0.25) is 0 Å². The molecule has 2 rings (SSSR count). The van der Waals surface area contributed by atoms with Gasteiger partial charge in [-0.25, -0.2) is 0 Å². The summed E-state index contributed by atoms with van der Waals surface area (Å²) in [6, 6.07) is 0. The van der Waals surface area contributed by atoms with Gasteiger partial charge >= 0.3 is 11.9 Å². The molecule has 0 aromatic rings. The Labute approximate surface area is 102 Å². The van der Waals surface area contributed by atoms with Gasteiger partial charge in [-0.15, -0.1) is 0 Å². The Morgan fingerprint density at radius 3 is 1.71 bits per heavy atom. The average Bonchev–Trinajstić information content (AvgIpc) is 2.89. The van der Waals surface area contributed by atoms with Crippen molar-refractivity contribution in [2.45, 2.75) is 33.1 Å². The average molecular weight is 240 g/mol. The van der Waals surface area contributed by atoms with Crippen LogP contribution < -0.4 is 0 Å². The molecule has 2 aliphatic carbocycles. The second-order valence-corrected chi connectivity index (χ2v) is 4.89. The van der Waals surface area contributed by atoms with Gasteiger partial charge in [0.05, 0.1) is 25.0 Å². The fourth-order valence-electron chi connectivity index (χ4n) is 3.45. The lowest BCUT2D eigenvalue weighted by atomic mass is 9.79. The summed E-state index contributed by atoms with van der Waals surface area (Å²) in [5.74, 6) is -0.280. The Hall–Kier alpha value is -1.06. The maximum absolute atomic E-state index is 11.9. The van der Waals surface area contributed by atoms with Crippen LogP contribution in [0.15, 0.2) is 0 Å². The van der Waals surface area contributed by atoms with E-state index in [0.29, 0.717) is 25.0 Å². The monoisotopic (exact) mass is 240 g/mol. The molecule has 2 aliphatic rings. The first-order valence-corrected chi connectivity index (χ1v) is 6.52. The smallest absolute Gasteiger partial charge is 0.310 e. The molecule has 0 aromatic heterocycles. The van der Waals surface area contributed by atoms with Gasteiger partial charge in [0, 0.05) is 0 Å². The van der Waals surface area contributed by atoms with Crippen molar-refractivity contribution in [1.29, 1.82) is 0 Å². The summed E-state index contributed by atoms with van der Waals surface area (Å²) in [5.41, 5.74) is 0. The highest BCUT2D eigenvalue weighted by atomic mass is 16.5. The molecule has 0 saturated heterocycles. The topological polar surface area (TPSA) is 52.6 Å². The van der Waals surface area contributed by atoms with E-state index < -0.39 is 0 Å². The number of esters is 2. The number of fused-ring (bicyclic) bond motifs is 2. The summed E-state index contributed by atoms with van der Waals surface area (Å²) < 4.78 is 10.2. The molecule has 0 aromatic carbocycles. The van der Waals surface area contributed by atoms with Gasteiger partial charge in [0.25, 0.3) is 0 Å². The highest BCUT2D eigenvalue weighted by molar-refractivity contribution is 5.83. The van der Waals surface area contributed by atoms with Crippen molar-refractivity contribution in [3.8, 4) is 0 Å². The molecule has 2 fully saturated rings. The molecule has 0 spiro atoms. The highest BCUT2D eigenvalue weighted by Crippen LogP contribution is 2.53. The minimum Gasteiger partial charge on any atom is -0.466 e. The third-order valence-electron chi connectivity index (χ3n) is 4.03. The lowest BCUT2D eigenvalue weighted by molar-refractivity contribution is -0.162. The van der Waals surface area contributed by atoms with Crippen LogP contribution in [0.5, 0.6) is 0 Å². The van der Waals surface area contributed by atoms with Crippen LogP contribution in [0.1, 0.15) is 33.1 Å². The molecule has 17 heavy (non-hydrogen) atoms. The molecule has 2 saturated carbocycles. The molecule has 0 amide bonds. The molecule has 2 bridgehead atoms. The number of ether oxygens (including phenoxy) is 2. The Morgan fingerprint density at radius 2 is 1.35 bits per heavy atom. The minimum absolute atomic E-state index is 0.210. The minimum atomic E-state index is -0.257. The molecular formula is C13H20O4. The molecule has 4 nitrogen and oxygen atoms in total. The van der Waals surface area contributed by atoms with Crippen molar-refractivity contribution in [3.05, 3.63) is 0 Å².